The summed E-state index contributed by atoms with van der Waals surface area (Å²) >= 11 is 6.34. The molecule has 0 saturated heterocycles. The van der Waals surface area contributed by atoms with Gasteiger partial charge in [0.05, 0.1) is 5.02 Å². The maximum Gasteiger partial charge on any atom is 0.408 e. The van der Waals surface area contributed by atoms with E-state index in [1.54, 1.807) is 19.9 Å². The lowest BCUT2D eigenvalue weighted by molar-refractivity contribution is -0.138. The molecule has 1 N–H and O–H groups in total. The van der Waals surface area contributed by atoms with Gasteiger partial charge in [0.25, 0.3) is 0 Å². The molecule has 0 aliphatic heterocycles. The first-order valence-corrected chi connectivity index (χ1v) is 11.0. The molecule has 33 heavy (non-hydrogen) atoms. The highest BCUT2D eigenvalue weighted by molar-refractivity contribution is 6.33. The van der Waals surface area contributed by atoms with E-state index in [0.717, 1.165) is 11.1 Å². The zero-order valence-electron chi connectivity index (χ0n) is 18.9. The Balaban J connectivity index is 1.77. The first kappa shape index (κ1) is 24.3. The minimum Gasteiger partial charge on any atom is -0.445 e. The number of nitrogens with one attached hydrogen (secondary N) is 1. The van der Waals surface area contributed by atoms with Crippen LogP contribution in [0, 0.1) is 19.8 Å². The lowest BCUT2D eigenvalue weighted by atomic mass is 9.99. The third kappa shape index (κ3) is 5.73. The van der Waals surface area contributed by atoms with E-state index in [2.05, 4.69) is 5.32 Å². The summed E-state index contributed by atoms with van der Waals surface area (Å²) in [6.45, 7) is 7.24. The molecule has 7 nitrogen and oxygen atoms in total. The van der Waals surface area contributed by atoms with Crippen molar-refractivity contribution in [2.45, 2.75) is 46.8 Å². The van der Waals surface area contributed by atoms with E-state index in [-0.39, 0.29) is 28.9 Å². The van der Waals surface area contributed by atoms with Crippen molar-refractivity contribution in [1.82, 2.24) is 5.32 Å². The molecule has 0 fully saturated rings. The molecule has 8 heteroatoms. The Morgan fingerprint density at radius 3 is 2.48 bits per heavy atom. The Kier molecular flexibility index (Phi) is 7.76. The largest absolute Gasteiger partial charge is 0.445 e. The molecule has 1 amide bonds. The number of esters is 1. The molecular weight excluding hydrogens is 446 g/mol. The van der Waals surface area contributed by atoms with Gasteiger partial charge in [0.2, 0.25) is 0 Å². The summed E-state index contributed by atoms with van der Waals surface area (Å²) in [5.74, 6) is -0.898. The average Bonchev–Trinajstić information content (AvgIpc) is 2.81. The van der Waals surface area contributed by atoms with E-state index >= 15 is 0 Å². The summed E-state index contributed by atoms with van der Waals surface area (Å²) in [7, 11) is 0. The fourth-order valence-corrected chi connectivity index (χ4v) is 3.46. The molecule has 1 heterocycles. The van der Waals surface area contributed by atoms with Crippen LogP contribution in [0.15, 0.2) is 51.7 Å². The van der Waals surface area contributed by atoms with Crippen LogP contribution in [0.4, 0.5) is 4.79 Å². The maximum absolute atomic E-state index is 13.0. The minimum atomic E-state index is -0.961. The molecule has 0 radical (unpaired) electrons. The van der Waals surface area contributed by atoms with E-state index in [1.165, 1.54) is 6.07 Å². The number of ether oxygens (including phenoxy) is 2. The number of rotatable bonds is 7. The lowest BCUT2D eigenvalue weighted by Crippen LogP contribution is -2.47. The van der Waals surface area contributed by atoms with Crippen molar-refractivity contribution in [3.05, 3.63) is 74.6 Å². The van der Waals surface area contributed by atoms with Gasteiger partial charge >= 0.3 is 17.7 Å². The summed E-state index contributed by atoms with van der Waals surface area (Å²) in [5.41, 5.74) is 1.83. The highest BCUT2D eigenvalue weighted by Gasteiger charge is 2.29. The van der Waals surface area contributed by atoms with Gasteiger partial charge in [-0.25, -0.2) is 14.4 Å². The van der Waals surface area contributed by atoms with Gasteiger partial charge < -0.3 is 19.2 Å². The summed E-state index contributed by atoms with van der Waals surface area (Å²) in [5, 5.41) is 3.42. The van der Waals surface area contributed by atoms with Gasteiger partial charge in [-0.1, -0.05) is 62.2 Å². The number of aryl methyl sites for hydroxylation is 1. The zero-order valence-corrected chi connectivity index (χ0v) is 19.7. The van der Waals surface area contributed by atoms with Crippen molar-refractivity contribution in [3.8, 4) is 5.75 Å². The molecule has 0 bridgehead atoms. The van der Waals surface area contributed by atoms with Crippen molar-refractivity contribution in [2.75, 3.05) is 0 Å². The van der Waals surface area contributed by atoms with Crippen LogP contribution in [0.2, 0.25) is 5.02 Å². The van der Waals surface area contributed by atoms with E-state index in [1.807, 2.05) is 44.2 Å². The summed E-state index contributed by atoms with van der Waals surface area (Å²) < 4.78 is 16.1. The van der Waals surface area contributed by atoms with Gasteiger partial charge in [0.1, 0.15) is 18.2 Å². The van der Waals surface area contributed by atoms with Crippen LogP contribution in [0.5, 0.6) is 5.75 Å². The molecule has 2 unspecified atom stereocenters. The summed E-state index contributed by atoms with van der Waals surface area (Å²) in [6.07, 6.45) is -0.125. The number of amides is 1. The zero-order chi connectivity index (χ0) is 24.1. The molecule has 0 aliphatic rings. The molecule has 2 atom stereocenters. The second kappa shape index (κ2) is 10.5. The molecule has 0 saturated carbocycles. The van der Waals surface area contributed by atoms with Gasteiger partial charge in [-0.15, -0.1) is 0 Å². The molecule has 2 aromatic carbocycles. The smallest absolute Gasteiger partial charge is 0.408 e. The standard InChI is InChI=1S/C25H26ClNO6/c1-5-14(2)22(27-25(30)31-13-17-9-7-6-8-10-17)24(29)33-21-12-20-18(11-19(21)26)15(3)16(4)23(28)32-20/h6-12,14,22H,5,13H2,1-4H3,(H,27,30). The molecular formula is C25H26ClNO6. The van der Waals surface area contributed by atoms with Gasteiger partial charge in [-0.05, 0) is 37.0 Å². The molecule has 0 aliphatic carbocycles. The number of carbonyl (C=O) groups excluding carboxylic acids is 2. The molecule has 1 aromatic heterocycles. The highest BCUT2D eigenvalue weighted by Crippen LogP contribution is 2.32. The third-order valence-corrected chi connectivity index (χ3v) is 5.97. The minimum absolute atomic E-state index is 0.0355. The summed E-state index contributed by atoms with van der Waals surface area (Å²) in [4.78, 5) is 37.3. The third-order valence-electron chi connectivity index (χ3n) is 5.67. The predicted molar refractivity (Wildman–Crippen MR) is 126 cm³/mol. The van der Waals surface area contributed by atoms with E-state index in [9.17, 15) is 14.4 Å². The van der Waals surface area contributed by atoms with Crippen LogP contribution in [0.1, 0.15) is 37.0 Å². The Labute approximate surface area is 196 Å². The average molecular weight is 472 g/mol. The Morgan fingerprint density at radius 2 is 1.82 bits per heavy atom. The number of carbonyl (C=O) groups is 2. The number of hydrogen-bond donors (Lipinski definition) is 1. The summed E-state index contributed by atoms with van der Waals surface area (Å²) in [6, 6.07) is 11.2. The molecule has 174 valence electrons. The van der Waals surface area contributed by atoms with Crippen LogP contribution in [0.3, 0.4) is 0 Å². The molecule has 3 aromatic rings. The fourth-order valence-electron chi connectivity index (χ4n) is 3.25. The number of fused-ring (bicyclic) bond motifs is 1. The van der Waals surface area contributed by atoms with Gasteiger partial charge in [-0.3, -0.25) is 0 Å². The van der Waals surface area contributed by atoms with E-state index in [0.29, 0.717) is 17.4 Å². The Bertz CT molecular complexity index is 1220. The van der Waals surface area contributed by atoms with Gasteiger partial charge in [0, 0.05) is 17.0 Å². The van der Waals surface area contributed by atoms with E-state index < -0.39 is 23.7 Å². The second-order valence-corrected chi connectivity index (χ2v) is 8.32. The van der Waals surface area contributed by atoms with Crippen LogP contribution in [-0.4, -0.2) is 18.1 Å². The first-order valence-electron chi connectivity index (χ1n) is 10.6. The molecule has 0 spiro atoms. The lowest BCUT2D eigenvalue weighted by Gasteiger charge is -2.22. The number of benzene rings is 2. The predicted octanol–water partition coefficient (Wildman–Crippen LogP) is 5.31. The highest BCUT2D eigenvalue weighted by atomic mass is 35.5. The Morgan fingerprint density at radius 1 is 1.12 bits per heavy atom. The van der Waals surface area contributed by atoms with Crippen molar-refractivity contribution >= 4 is 34.6 Å². The quantitative estimate of drug-likeness (QED) is 0.285. The van der Waals surface area contributed by atoms with Crippen LogP contribution in [-0.2, 0) is 16.1 Å². The normalized spacial score (nSPS) is 12.8. The monoisotopic (exact) mass is 471 g/mol. The van der Waals surface area contributed by atoms with Crippen molar-refractivity contribution in [3.63, 3.8) is 0 Å². The van der Waals surface area contributed by atoms with Crippen molar-refractivity contribution < 1.29 is 23.5 Å². The molecule has 3 rings (SSSR count). The Hall–Kier alpha value is -3.32. The number of hydrogen-bond acceptors (Lipinski definition) is 6. The van der Waals surface area contributed by atoms with Gasteiger partial charge in [-0.2, -0.15) is 0 Å². The number of alkyl carbamates (subject to hydrolysis) is 1. The van der Waals surface area contributed by atoms with E-state index in [4.69, 9.17) is 25.5 Å². The maximum atomic E-state index is 13.0. The van der Waals surface area contributed by atoms with Crippen molar-refractivity contribution in [1.29, 1.82) is 0 Å². The SMILES string of the molecule is CCC(C)C(NC(=O)OCc1ccccc1)C(=O)Oc1cc2oc(=O)c(C)c(C)c2cc1Cl. The van der Waals surface area contributed by atoms with Gasteiger partial charge in [0.15, 0.2) is 5.75 Å². The van der Waals surface area contributed by atoms with Crippen LogP contribution in [0.25, 0.3) is 11.0 Å². The second-order valence-electron chi connectivity index (χ2n) is 7.91. The topological polar surface area (TPSA) is 94.8 Å². The van der Waals surface area contributed by atoms with Crippen molar-refractivity contribution in [2.24, 2.45) is 5.92 Å². The van der Waals surface area contributed by atoms with Crippen LogP contribution >= 0.6 is 11.6 Å². The number of halogens is 1. The first-order chi connectivity index (χ1) is 15.7. The fraction of sp³-hybridized carbons (Fsp3) is 0.320. The van der Waals surface area contributed by atoms with Crippen LogP contribution < -0.4 is 15.7 Å².